The minimum Gasteiger partial charge on any atom is -0.352 e. The number of hydrogen-bond donors (Lipinski definition) is 1. The number of rotatable bonds is 5. The molecule has 0 bridgehead atoms. The van der Waals surface area contributed by atoms with Gasteiger partial charge in [-0.25, -0.2) is 4.98 Å². The topological polar surface area (TPSA) is 44.3 Å². The van der Waals surface area contributed by atoms with Crippen LogP contribution >= 0.6 is 0 Å². The molecule has 2 aliphatic rings. The van der Waals surface area contributed by atoms with E-state index < -0.39 is 0 Å². The van der Waals surface area contributed by atoms with Crippen LogP contribution in [0.3, 0.4) is 0 Å². The molecule has 1 aromatic heterocycles. The van der Waals surface area contributed by atoms with Gasteiger partial charge in [0.1, 0.15) is 5.82 Å². The lowest BCUT2D eigenvalue weighted by molar-refractivity contribution is 0.431. The third-order valence-electron chi connectivity index (χ3n) is 4.17. The van der Waals surface area contributed by atoms with E-state index in [-0.39, 0.29) is 0 Å². The van der Waals surface area contributed by atoms with Crippen molar-refractivity contribution in [3.8, 4) is 0 Å². The lowest BCUT2D eigenvalue weighted by Crippen LogP contribution is -2.46. The first-order chi connectivity index (χ1) is 9.74. The molecule has 1 aromatic rings. The maximum absolute atomic E-state index is 4.70. The van der Waals surface area contributed by atoms with Crippen LogP contribution in [0.5, 0.6) is 0 Å². The van der Waals surface area contributed by atoms with Gasteiger partial charge in [-0.2, -0.15) is 4.98 Å². The molecule has 5 heteroatoms. The molecule has 0 radical (unpaired) electrons. The predicted molar refractivity (Wildman–Crippen MR) is 82.4 cm³/mol. The highest BCUT2D eigenvalue weighted by molar-refractivity contribution is 5.44. The zero-order valence-corrected chi connectivity index (χ0v) is 12.5. The van der Waals surface area contributed by atoms with Gasteiger partial charge in [0.2, 0.25) is 5.95 Å². The molecular weight excluding hydrogens is 250 g/mol. The lowest BCUT2D eigenvalue weighted by atomic mass is 10.0. The SMILES string of the molecule is CN(C)c1nccc(N2CCCCC2CNC2CC2)n1. The molecule has 20 heavy (non-hydrogen) atoms. The second-order valence-corrected chi connectivity index (χ2v) is 6.13. The molecule has 5 nitrogen and oxygen atoms in total. The smallest absolute Gasteiger partial charge is 0.226 e. The largest absolute Gasteiger partial charge is 0.352 e. The summed E-state index contributed by atoms with van der Waals surface area (Å²) in [6, 6.07) is 3.40. The van der Waals surface area contributed by atoms with E-state index in [1.54, 1.807) is 0 Å². The van der Waals surface area contributed by atoms with Crippen molar-refractivity contribution in [2.75, 3.05) is 37.0 Å². The first-order valence-corrected chi connectivity index (χ1v) is 7.74. The normalized spacial score (nSPS) is 22.9. The van der Waals surface area contributed by atoms with Gasteiger partial charge in [0.15, 0.2) is 0 Å². The third kappa shape index (κ3) is 3.20. The highest BCUT2D eigenvalue weighted by Gasteiger charge is 2.27. The summed E-state index contributed by atoms with van der Waals surface area (Å²) >= 11 is 0. The van der Waals surface area contributed by atoms with E-state index in [9.17, 15) is 0 Å². The Morgan fingerprint density at radius 1 is 1.30 bits per heavy atom. The molecular formula is C15H25N5. The van der Waals surface area contributed by atoms with Gasteiger partial charge in [-0.3, -0.25) is 0 Å². The van der Waals surface area contributed by atoms with Gasteiger partial charge in [0.05, 0.1) is 0 Å². The van der Waals surface area contributed by atoms with Crippen molar-refractivity contribution in [2.45, 2.75) is 44.2 Å². The van der Waals surface area contributed by atoms with E-state index in [2.05, 4.69) is 15.2 Å². The molecule has 110 valence electrons. The quantitative estimate of drug-likeness (QED) is 0.885. The molecule has 0 aromatic carbocycles. The number of hydrogen-bond acceptors (Lipinski definition) is 5. The Morgan fingerprint density at radius 3 is 2.90 bits per heavy atom. The average molecular weight is 275 g/mol. The minimum absolute atomic E-state index is 0.578. The molecule has 3 rings (SSSR count). The fraction of sp³-hybridized carbons (Fsp3) is 0.733. The Hall–Kier alpha value is -1.36. The number of nitrogens with zero attached hydrogens (tertiary/aromatic N) is 4. The fourth-order valence-corrected chi connectivity index (χ4v) is 2.82. The Bertz CT molecular complexity index is 444. The molecule has 1 saturated heterocycles. The standard InChI is InChI=1S/C15H25N5/c1-19(2)15-16-9-8-14(18-15)20-10-4-3-5-13(20)11-17-12-6-7-12/h8-9,12-13,17H,3-7,10-11H2,1-2H3. The van der Waals surface area contributed by atoms with E-state index in [0.717, 1.165) is 30.9 Å². The van der Waals surface area contributed by atoms with Crippen molar-refractivity contribution in [1.29, 1.82) is 0 Å². The first-order valence-electron chi connectivity index (χ1n) is 7.74. The summed E-state index contributed by atoms with van der Waals surface area (Å²) < 4.78 is 0. The number of piperidine rings is 1. The predicted octanol–water partition coefficient (Wildman–Crippen LogP) is 1.65. The molecule has 1 aliphatic carbocycles. The van der Waals surface area contributed by atoms with E-state index in [1.165, 1.54) is 32.1 Å². The first kappa shape index (κ1) is 13.6. The van der Waals surface area contributed by atoms with Crippen LogP contribution < -0.4 is 15.1 Å². The Balaban J connectivity index is 1.72. The van der Waals surface area contributed by atoms with Crippen LogP contribution in [0.25, 0.3) is 0 Å². The maximum Gasteiger partial charge on any atom is 0.226 e. The van der Waals surface area contributed by atoms with E-state index in [1.807, 2.05) is 31.3 Å². The van der Waals surface area contributed by atoms with Crippen molar-refractivity contribution in [3.05, 3.63) is 12.3 Å². The maximum atomic E-state index is 4.70. The highest BCUT2D eigenvalue weighted by Crippen LogP contribution is 2.25. The summed E-state index contributed by atoms with van der Waals surface area (Å²) in [7, 11) is 3.98. The summed E-state index contributed by atoms with van der Waals surface area (Å²) in [5, 5.41) is 3.67. The zero-order chi connectivity index (χ0) is 13.9. The fourth-order valence-electron chi connectivity index (χ4n) is 2.82. The number of anilines is 2. The second kappa shape index (κ2) is 5.95. The summed E-state index contributed by atoms with van der Waals surface area (Å²) in [5.41, 5.74) is 0. The van der Waals surface area contributed by atoms with Crippen LogP contribution in [0.15, 0.2) is 12.3 Å². The Labute approximate surface area is 121 Å². The molecule has 0 amide bonds. The molecule has 1 aliphatic heterocycles. The van der Waals surface area contributed by atoms with Gasteiger partial charge < -0.3 is 15.1 Å². The molecule has 2 fully saturated rings. The Kier molecular flexibility index (Phi) is 4.05. The third-order valence-corrected chi connectivity index (χ3v) is 4.17. The van der Waals surface area contributed by atoms with Crippen LogP contribution in [-0.4, -0.2) is 49.2 Å². The number of aromatic nitrogens is 2. The van der Waals surface area contributed by atoms with Gasteiger partial charge in [-0.05, 0) is 38.2 Å². The van der Waals surface area contributed by atoms with E-state index >= 15 is 0 Å². The van der Waals surface area contributed by atoms with Gasteiger partial charge in [-0.15, -0.1) is 0 Å². The van der Waals surface area contributed by atoms with Gasteiger partial charge >= 0.3 is 0 Å². The van der Waals surface area contributed by atoms with Crippen LogP contribution in [0.1, 0.15) is 32.1 Å². The van der Waals surface area contributed by atoms with Gasteiger partial charge in [-0.1, -0.05) is 0 Å². The minimum atomic E-state index is 0.578. The van der Waals surface area contributed by atoms with Crippen LogP contribution in [0.2, 0.25) is 0 Å². The zero-order valence-electron chi connectivity index (χ0n) is 12.5. The van der Waals surface area contributed by atoms with Gasteiger partial charge in [0.25, 0.3) is 0 Å². The summed E-state index contributed by atoms with van der Waals surface area (Å²) in [6.45, 7) is 2.20. The monoisotopic (exact) mass is 275 g/mol. The molecule has 1 saturated carbocycles. The van der Waals surface area contributed by atoms with Crippen molar-refractivity contribution in [1.82, 2.24) is 15.3 Å². The van der Waals surface area contributed by atoms with Crippen molar-refractivity contribution >= 4 is 11.8 Å². The van der Waals surface area contributed by atoms with Crippen LogP contribution in [-0.2, 0) is 0 Å². The van der Waals surface area contributed by atoms with Crippen molar-refractivity contribution in [2.24, 2.45) is 0 Å². The molecule has 1 atom stereocenters. The molecule has 1 N–H and O–H groups in total. The Morgan fingerprint density at radius 2 is 2.15 bits per heavy atom. The second-order valence-electron chi connectivity index (χ2n) is 6.13. The number of nitrogens with one attached hydrogen (secondary N) is 1. The van der Waals surface area contributed by atoms with E-state index in [0.29, 0.717) is 6.04 Å². The average Bonchev–Trinajstić information content (AvgIpc) is 3.30. The summed E-state index contributed by atoms with van der Waals surface area (Å²) in [5.74, 6) is 1.87. The summed E-state index contributed by atoms with van der Waals surface area (Å²) in [6.07, 6.45) is 8.44. The molecule has 1 unspecified atom stereocenters. The lowest BCUT2D eigenvalue weighted by Gasteiger charge is -2.37. The van der Waals surface area contributed by atoms with Crippen LogP contribution in [0, 0.1) is 0 Å². The van der Waals surface area contributed by atoms with E-state index in [4.69, 9.17) is 4.98 Å². The van der Waals surface area contributed by atoms with Crippen molar-refractivity contribution < 1.29 is 0 Å². The van der Waals surface area contributed by atoms with Gasteiger partial charge in [0, 0.05) is 45.5 Å². The van der Waals surface area contributed by atoms with Crippen LogP contribution in [0.4, 0.5) is 11.8 Å². The molecule has 2 heterocycles. The summed E-state index contributed by atoms with van der Waals surface area (Å²) in [4.78, 5) is 13.4. The van der Waals surface area contributed by atoms with Crippen molar-refractivity contribution in [3.63, 3.8) is 0 Å². The molecule has 0 spiro atoms. The highest BCUT2D eigenvalue weighted by atomic mass is 15.3.